The zero-order valence-corrected chi connectivity index (χ0v) is 7.99. The molecule has 3 unspecified atom stereocenters. The minimum absolute atomic E-state index is 0.249. The number of nitrogens with two attached hydrogens (primary N) is 1. The van der Waals surface area contributed by atoms with E-state index in [0.717, 1.165) is 26.1 Å². The van der Waals surface area contributed by atoms with Gasteiger partial charge in [0.2, 0.25) is 0 Å². The summed E-state index contributed by atoms with van der Waals surface area (Å²) in [6, 6.07) is 0.124. The fourth-order valence-corrected chi connectivity index (χ4v) is 2.80. The van der Waals surface area contributed by atoms with E-state index in [2.05, 4.69) is 12.2 Å². The Bertz CT molecular complexity index is 219. The van der Waals surface area contributed by atoms with E-state index in [0.29, 0.717) is 17.9 Å². The van der Waals surface area contributed by atoms with Crippen molar-refractivity contribution in [3.05, 3.63) is 0 Å². The van der Waals surface area contributed by atoms with Crippen LogP contribution in [0.4, 0.5) is 4.79 Å². The van der Waals surface area contributed by atoms with Crippen molar-refractivity contribution in [2.24, 2.45) is 17.6 Å². The van der Waals surface area contributed by atoms with Crippen LogP contribution in [0.3, 0.4) is 0 Å². The minimum atomic E-state index is -0.249. The first-order chi connectivity index (χ1) is 6.24. The Kier molecular flexibility index (Phi) is 2.15. The predicted octanol–water partition coefficient (Wildman–Crippen LogP) is -0.00510. The molecule has 4 heteroatoms. The van der Waals surface area contributed by atoms with Crippen LogP contribution < -0.4 is 11.1 Å². The van der Waals surface area contributed by atoms with Crippen molar-refractivity contribution in [2.45, 2.75) is 19.4 Å². The molecule has 2 saturated heterocycles. The summed E-state index contributed by atoms with van der Waals surface area (Å²) in [4.78, 5) is 13.0. The Morgan fingerprint density at radius 2 is 2.38 bits per heavy atom. The first kappa shape index (κ1) is 8.81. The smallest absolute Gasteiger partial charge is 0.315 e. The highest BCUT2D eigenvalue weighted by Gasteiger charge is 2.44. The molecule has 13 heavy (non-hydrogen) atoms. The summed E-state index contributed by atoms with van der Waals surface area (Å²) in [6.45, 7) is 5.07. The predicted molar refractivity (Wildman–Crippen MR) is 50.2 cm³/mol. The molecule has 0 aliphatic carbocycles. The number of hydrogen-bond donors (Lipinski definition) is 2. The number of rotatable bonds is 1. The minimum Gasteiger partial charge on any atom is -0.351 e. The van der Waals surface area contributed by atoms with Crippen LogP contribution in [0.5, 0.6) is 0 Å². The van der Waals surface area contributed by atoms with Crippen LogP contribution in [0.15, 0.2) is 0 Å². The number of carbonyl (C=O) groups is 1. The van der Waals surface area contributed by atoms with Gasteiger partial charge in [-0.2, -0.15) is 0 Å². The standard InChI is InChI=1S/C9H17N3O/c1-2-8-7-4-11-3-6(7)5-12(8)9(10)13/h6-8,11H,2-5H2,1H3,(H2,10,13). The van der Waals surface area contributed by atoms with Gasteiger partial charge in [0.25, 0.3) is 0 Å². The Balaban J connectivity index is 2.12. The van der Waals surface area contributed by atoms with Crippen LogP contribution in [0.2, 0.25) is 0 Å². The number of hydrogen-bond acceptors (Lipinski definition) is 2. The van der Waals surface area contributed by atoms with E-state index in [-0.39, 0.29) is 6.03 Å². The summed E-state index contributed by atoms with van der Waals surface area (Å²) in [7, 11) is 0. The molecule has 74 valence electrons. The molecule has 2 amide bonds. The van der Waals surface area contributed by atoms with Crippen molar-refractivity contribution in [3.63, 3.8) is 0 Å². The molecule has 0 saturated carbocycles. The summed E-state index contributed by atoms with van der Waals surface area (Å²) in [5, 5.41) is 3.37. The molecule has 3 N–H and O–H groups in total. The molecule has 0 aromatic heterocycles. The molecule has 2 heterocycles. The molecule has 0 bridgehead atoms. The van der Waals surface area contributed by atoms with E-state index >= 15 is 0 Å². The van der Waals surface area contributed by atoms with E-state index in [1.54, 1.807) is 0 Å². The Morgan fingerprint density at radius 1 is 1.62 bits per heavy atom. The van der Waals surface area contributed by atoms with Crippen molar-refractivity contribution in [1.29, 1.82) is 0 Å². The number of carbonyl (C=O) groups excluding carboxylic acids is 1. The summed E-state index contributed by atoms with van der Waals surface area (Å²) < 4.78 is 0. The van der Waals surface area contributed by atoms with Crippen molar-refractivity contribution in [3.8, 4) is 0 Å². The zero-order chi connectivity index (χ0) is 9.42. The van der Waals surface area contributed by atoms with Crippen molar-refractivity contribution in [1.82, 2.24) is 10.2 Å². The van der Waals surface area contributed by atoms with Crippen LogP contribution in [0, 0.1) is 11.8 Å². The molecule has 2 rings (SSSR count). The van der Waals surface area contributed by atoms with Gasteiger partial charge in [0, 0.05) is 25.7 Å². The summed E-state index contributed by atoms with van der Waals surface area (Å²) in [6.07, 6.45) is 1.02. The van der Waals surface area contributed by atoms with Crippen LogP contribution in [-0.4, -0.2) is 36.6 Å². The Morgan fingerprint density at radius 3 is 3.00 bits per heavy atom. The quantitative estimate of drug-likeness (QED) is 0.601. The molecule has 2 aliphatic rings. The molecule has 4 nitrogen and oxygen atoms in total. The highest BCUT2D eigenvalue weighted by atomic mass is 16.2. The van der Waals surface area contributed by atoms with Crippen LogP contribution in [0.1, 0.15) is 13.3 Å². The van der Waals surface area contributed by atoms with Gasteiger partial charge in [0.05, 0.1) is 0 Å². The first-order valence-corrected chi connectivity index (χ1v) is 5.00. The monoisotopic (exact) mass is 183 g/mol. The lowest BCUT2D eigenvalue weighted by atomic mass is 9.93. The molecule has 0 radical (unpaired) electrons. The van der Waals surface area contributed by atoms with Gasteiger partial charge in [0.15, 0.2) is 0 Å². The molecule has 0 spiro atoms. The molecular weight excluding hydrogens is 166 g/mol. The van der Waals surface area contributed by atoms with E-state index in [1.165, 1.54) is 0 Å². The number of amides is 2. The number of fused-ring (bicyclic) bond motifs is 1. The molecular formula is C9H17N3O. The molecule has 3 atom stereocenters. The molecule has 0 aromatic carbocycles. The number of likely N-dealkylation sites (tertiary alicyclic amines) is 1. The van der Waals surface area contributed by atoms with E-state index < -0.39 is 0 Å². The van der Waals surface area contributed by atoms with Gasteiger partial charge in [-0.3, -0.25) is 0 Å². The topological polar surface area (TPSA) is 58.4 Å². The van der Waals surface area contributed by atoms with Crippen molar-refractivity contribution >= 4 is 6.03 Å². The summed E-state index contributed by atoms with van der Waals surface area (Å²) >= 11 is 0. The molecule has 2 aliphatic heterocycles. The number of nitrogens with one attached hydrogen (secondary N) is 1. The van der Waals surface area contributed by atoms with Gasteiger partial charge in [-0.15, -0.1) is 0 Å². The lowest BCUT2D eigenvalue weighted by molar-refractivity contribution is 0.192. The summed E-state index contributed by atoms with van der Waals surface area (Å²) in [5.41, 5.74) is 5.33. The van der Waals surface area contributed by atoms with E-state index in [1.807, 2.05) is 4.90 Å². The van der Waals surface area contributed by atoms with E-state index in [4.69, 9.17) is 5.73 Å². The van der Waals surface area contributed by atoms with Gasteiger partial charge in [-0.05, 0) is 18.3 Å². The third kappa shape index (κ3) is 1.29. The maximum atomic E-state index is 11.1. The van der Waals surface area contributed by atoms with Gasteiger partial charge >= 0.3 is 6.03 Å². The van der Waals surface area contributed by atoms with E-state index in [9.17, 15) is 4.79 Å². The highest BCUT2D eigenvalue weighted by molar-refractivity contribution is 5.72. The largest absolute Gasteiger partial charge is 0.351 e. The number of nitrogens with zero attached hydrogens (tertiary/aromatic N) is 1. The van der Waals surface area contributed by atoms with Crippen LogP contribution in [0.25, 0.3) is 0 Å². The second-order valence-electron chi connectivity index (χ2n) is 4.05. The second-order valence-corrected chi connectivity index (χ2v) is 4.05. The van der Waals surface area contributed by atoms with Gasteiger partial charge in [0.1, 0.15) is 0 Å². The highest BCUT2D eigenvalue weighted by Crippen LogP contribution is 2.33. The average Bonchev–Trinajstić information content (AvgIpc) is 2.60. The van der Waals surface area contributed by atoms with Gasteiger partial charge in [-0.25, -0.2) is 4.79 Å². The number of urea groups is 1. The fourth-order valence-electron chi connectivity index (χ4n) is 2.80. The number of primary amides is 1. The molecule has 2 fully saturated rings. The Labute approximate surface area is 78.5 Å². The molecule has 0 aromatic rings. The maximum Gasteiger partial charge on any atom is 0.315 e. The van der Waals surface area contributed by atoms with Crippen molar-refractivity contribution in [2.75, 3.05) is 19.6 Å². The third-order valence-electron chi connectivity index (χ3n) is 3.42. The second kappa shape index (κ2) is 3.18. The summed E-state index contributed by atoms with van der Waals surface area (Å²) in [5.74, 6) is 1.27. The van der Waals surface area contributed by atoms with Crippen molar-refractivity contribution < 1.29 is 4.79 Å². The normalized spacial score (nSPS) is 37.9. The average molecular weight is 183 g/mol. The fraction of sp³-hybridized carbons (Fsp3) is 0.889. The lowest BCUT2D eigenvalue weighted by Gasteiger charge is -2.24. The first-order valence-electron chi connectivity index (χ1n) is 5.00. The zero-order valence-electron chi connectivity index (χ0n) is 7.99. The lowest BCUT2D eigenvalue weighted by Crippen LogP contribution is -2.42. The van der Waals surface area contributed by atoms with Crippen LogP contribution >= 0.6 is 0 Å². The van der Waals surface area contributed by atoms with Gasteiger partial charge in [-0.1, -0.05) is 6.92 Å². The van der Waals surface area contributed by atoms with Gasteiger partial charge < -0.3 is 16.0 Å². The maximum absolute atomic E-state index is 11.1. The Hall–Kier alpha value is -0.770. The van der Waals surface area contributed by atoms with Crippen LogP contribution in [-0.2, 0) is 0 Å². The SMILES string of the molecule is CCC1C2CNCC2CN1C(N)=O. The third-order valence-corrected chi connectivity index (χ3v) is 3.42.